The monoisotopic (exact) mass is 413 g/mol. The number of hydrogen-bond donors (Lipinski definition) is 1. The molecule has 5 rings (SSSR count). The Kier molecular flexibility index (Phi) is 5.00. The minimum absolute atomic E-state index is 0.0154. The van der Waals surface area contributed by atoms with Crippen LogP contribution < -0.4 is 4.90 Å². The predicted octanol–water partition coefficient (Wildman–Crippen LogP) is 1.93. The largest absolute Gasteiger partial charge is 0.461 e. The van der Waals surface area contributed by atoms with E-state index in [1.807, 2.05) is 4.90 Å². The third-order valence-corrected chi connectivity index (χ3v) is 8.08. The molecular formula is C24H33N2O4+. The molecule has 30 heavy (non-hydrogen) atoms. The number of piperazine rings is 1. The highest BCUT2D eigenvalue weighted by atomic mass is 16.6. The van der Waals surface area contributed by atoms with Gasteiger partial charge in [0.05, 0.1) is 39.0 Å². The molecule has 0 aromatic carbocycles. The van der Waals surface area contributed by atoms with E-state index in [1.165, 1.54) is 30.4 Å². The smallest absolute Gasteiger partial charge is 0.315 e. The molecule has 1 aromatic rings. The zero-order chi connectivity index (χ0) is 20.9. The summed E-state index contributed by atoms with van der Waals surface area (Å²) in [7, 11) is 0. The summed E-state index contributed by atoms with van der Waals surface area (Å²) in [5, 5.41) is 0. The summed E-state index contributed by atoms with van der Waals surface area (Å²) in [4.78, 5) is 28.5. The Morgan fingerprint density at radius 2 is 2.13 bits per heavy atom. The summed E-state index contributed by atoms with van der Waals surface area (Å²) in [6.07, 6.45) is 8.74. The van der Waals surface area contributed by atoms with Crippen LogP contribution in [-0.2, 0) is 9.53 Å². The van der Waals surface area contributed by atoms with Gasteiger partial charge < -0.3 is 19.0 Å². The second-order valence-corrected chi connectivity index (χ2v) is 10.1. The molecule has 0 bridgehead atoms. The number of ether oxygens (including phenoxy) is 1. The lowest BCUT2D eigenvalue weighted by molar-refractivity contribution is -0.906. The molecule has 4 aliphatic rings. The zero-order valence-electron chi connectivity index (χ0n) is 18.1. The number of nitrogens with one attached hydrogen (secondary N) is 1. The molecule has 0 radical (unpaired) electrons. The van der Waals surface area contributed by atoms with Crippen LogP contribution in [0, 0.1) is 23.2 Å². The minimum Gasteiger partial charge on any atom is -0.461 e. The lowest BCUT2D eigenvalue weighted by Gasteiger charge is -2.46. The van der Waals surface area contributed by atoms with Crippen LogP contribution in [0.4, 0.5) is 0 Å². The molecule has 1 N–H and O–H groups in total. The summed E-state index contributed by atoms with van der Waals surface area (Å²) >= 11 is 0. The zero-order valence-corrected chi connectivity index (χ0v) is 18.1. The third-order valence-electron chi connectivity index (χ3n) is 8.08. The van der Waals surface area contributed by atoms with E-state index >= 15 is 0 Å². The van der Waals surface area contributed by atoms with Gasteiger partial charge in [-0.05, 0) is 42.7 Å². The lowest BCUT2D eigenvalue weighted by atomic mass is 9.59. The van der Waals surface area contributed by atoms with E-state index in [2.05, 4.69) is 19.9 Å². The highest BCUT2D eigenvalue weighted by Crippen LogP contribution is 2.53. The van der Waals surface area contributed by atoms with Gasteiger partial charge in [0.2, 0.25) is 0 Å². The van der Waals surface area contributed by atoms with Gasteiger partial charge in [-0.2, -0.15) is 0 Å². The molecule has 1 aromatic heterocycles. The van der Waals surface area contributed by atoms with Gasteiger partial charge in [0, 0.05) is 5.92 Å². The SMILES string of the molecule is C[C@H]1CCC[C@]2(C)C[C@H]3OC(=O)[C@H](C[NH+]4CCN(C(=O)c5ccco5)CC4)[C@H]3C=C12. The van der Waals surface area contributed by atoms with Crippen LogP contribution >= 0.6 is 0 Å². The van der Waals surface area contributed by atoms with Crippen LogP contribution in [0.25, 0.3) is 0 Å². The summed E-state index contributed by atoms with van der Waals surface area (Å²) in [5.74, 6) is 1.13. The summed E-state index contributed by atoms with van der Waals surface area (Å²) in [6, 6.07) is 3.46. The number of furan rings is 1. The van der Waals surface area contributed by atoms with Crippen LogP contribution in [0.1, 0.15) is 50.1 Å². The number of carbonyl (C=O) groups excluding carboxylic acids is 2. The molecule has 3 heterocycles. The molecule has 3 fully saturated rings. The maximum absolute atomic E-state index is 12.8. The number of amides is 1. The van der Waals surface area contributed by atoms with Crippen molar-refractivity contribution in [3.05, 3.63) is 35.8 Å². The fourth-order valence-electron chi connectivity index (χ4n) is 6.38. The molecule has 0 spiro atoms. The number of esters is 1. The van der Waals surface area contributed by atoms with Crippen LogP contribution in [0.2, 0.25) is 0 Å². The number of carbonyl (C=O) groups is 2. The van der Waals surface area contributed by atoms with Crippen molar-refractivity contribution in [1.29, 1.82) is 0 Å². The molecular weight excluding hydrogens is 380 g/mol. The third kappa shape index (κ3) is 3.39. The van der Waals surface area contributed by atoms with Crippen molar-refractivity contribution in [1.82, 2.24) is 4.90 Å². The van der Waals surface area contributed by atoms with Gasteiger partial charge >= 0.3 is 5.97 Å². The van der Waals surface area contributed by atoms with Gasteiger partial charge in [-0.25, -0.2) is 0 Å². The Bertz CT molecular complexity index is 839. The first kappa shape index (κ1) is 19.9. The van der Waals surface area contributed by atoms with Crippen molar-refractivity contribution >= 4 is 11.9 Å². The van der Waals surface area contributed by atoms with Crippen LogP contribution in [-0.4, -0.2) is 55.6 Å². The standard InChI is InChI=1S/C24H32N2O4/c1-16-5-3-7-24(2)14-21-17(13-19(16)24)18(23(28)30-21)15-25-8-10-26(11-9-25)22(27)20-6-4-12-29-20/h4,6,12-13,16-18,21H,3,5,7-11,14-15H2,1-2H3/p+1/t16-,17+,18+,21+,24+/m0/s1. The predicted molar refractivity (Wildman–Crippen MR) is 111 cm³/mol. The van der Waals surface area contributed by atoms with E-state index in [-0.39, 0.29) is 35.2 Å². The van der Waals surface area contributed by atoms with E-state index < -0.39 is 0 Å². The fraction of sp³-hybridized carbons (Fsp3) is 0.667. The molecule has 2 aliphatic heterocycles. The van der Waals surface area contributed by atoms with Gasteiger partial charge in [-0.1, -0.05) is 31.9 Å². The first-order chi connectivity index (χ1) is 14.4. The molecule has 1 amide bonds. The van der Waals surface area contributed by atoms with E-state index in [9.17, 15) is 9.59 Å². The molecule has 6 nitrogen and oxygen atoms in total. The van der Waals surface area contributed by atoms with Crippen molar-refractivity contribution < 1.29 is 23.6 Å². The average molecular weight is 414 g/mol. The van der Waals surface area contributed by atoms with Gasteiger partial charge in [-0.15, -0.1) is 0 Å². The lowest BCUT2D eigenvalue weighted by Crippen LogP contribution is -3.15. The maximum atomic E-state index is 12.8. The summed E-state index contributed by atoms with van der Waals surface area (Å²) < 4.78 is 11.2. The topological polar surface area (TPSA) is 64.2 Å². The number of fused-ring (bicyclic) bond motifs is 2. The van der Waals surface area contributed by atoms with Gasteiger partial charge in [0.25, 0.3) is 5.91 Å². The minimum atomic E-state index is -0.0523. The van der Waals surface area contributed by atoms with E-state index in [0.29, 0.717) is 24.8 Å². The van der Waals surface area contributed by atoms with Crippen LogP contribution in [0.15, 0.2) is 34.5 Å². The second kappa shape index (κ2) is 7.56. The number of allylic oxidation sites excluding steroid dienone is 1. The average Bonchev–Trinajstić information content (AvgIpc) is 3.35. The van der Waals surface area contributed by atoms with Crippen molar-refractivity contribution in [2.45, 2.75) is 45.6 Å². The van der Waals surface area contributed by atoms with Crippen molar-refractivity contribution in [2.24, 2.45) is 23.2 Å². The molecule has 5 atom stereocenters. The highest BCUT2D eigenvalue weighted by Gasteiger charge is 2.52. The van der Waals surface area contributed by atoms with Crippen LogP contribution in [0.5, 0.6) is 0 Å². The normalized spacial score (nSPS) is 36.7. The van der Waals surface area contributed by atoms with Crippen molar-refractivity contribution in [3.8, 4) is 0 Å². The van der Waals surface area contributed by atoms with E-state index in [1.54, 1.807) is 17.7 Å². The van der Waals surface area contributed by atoms with Gasteiger partial charge in [0.1, 0.15) is 12.0 Å². The van der Waals surface area contributed by atoms with Crippen molar-refractivity contribution in [2.75, 3.05) is 32.7 Å². The fourth-order valence-corrected chi connectivity index (χ4v) is 6.38. The molecule has 0 unspecified atom stereocenters. The van der Waals surface area contributed by atoms with E-state index in [0.717, 1.165) is 26.1 Å². The summed E-state index contributed by atoms with van der Waals surface area (Å²) in [6.45, 7) is 8.62. The van der Waals surface area contributed by atoms with Crippen molar-refractivity contribution in [3.63, 3.8) is 0 Å². The maximum Gasteiger partial charge on any atom is 0.315 e. The number of hydrogen-bond acceptors (Lipinski definition) is 4. The molecule has 2 saturated heterocycles. The summed E-state index contributed by atoms with van der Waals surface area (Å²) in [5.41, 5.74) is 1.78. The van der Waals surface area contributed by atoms with Crippen LogP contribution in [0.3, 0.4) is 0 Å². The van der Waals surface area contributed by atoms with Gasteiger partial charge in [0.15, 0.2) is 5.76 Å². The Hall–Kier alpha value is -2.08. The first-order valence-electron chi connectivity index (χ1n) is 11.5. The highest BCUT2D eigenvalue weighted by molar-refractivity contribution is 5.91. The quantitative estimate of drug-likeness (QED) is 0.608. The number of nitrogens with zero attached hydrogens (tertiary/aromatic N) is 1. The van der Waals surface area contributed by atoms with Gasteiger partial charge in [-0.3, -0.25) is 9.59 Å². The first-order valence-corrected chi connectivity index (χ1v) is 11.5. The Morgan fingerprint density at radius 3 is 2.87 bits per heavy atom. The Labute approximate surface area is 178 Å². The molecule has 2 aliphatic carbocycles. The number of quaternary nitrogens is 1. The molecule has 1 saturated carbocycles. The Morgan fingerprint density at radius 1 is 1.33 bits per heavy atom. The molecule has 6 heteroatoms. The Balaban J connectivity index is 1.25. The number of rotatable bonds is 3. The second-order valence-electron chi connectivity index (χ2n) is 10.1. The molecule has 162 valence electrons. The van der Waals surface area contributed by atoms with E-state index in [4.69, 9.17) is 9.15 Å².